The molecule has 0 spiro atoms. The van der Waals surface area contributed by atoms with Crippen LogP contribution in [0.3, 0.4) is 0 Å². The van der Waals surface area contributed by atoms with E-state index in [4.69, 9.17) is 0 Å². The van der Waals surface area contributed by atoms with E-state index in [1.807, 2.05) is 0 Å². The van der Waals surface area contributed by atoms with Gasteiger partial charge in [-0.05, 0) is 36.6 Å². The summed E-state index contributed by atoms with van der Waals surface area (Å²) in [5.74, 6) is -0.970. The molecular weight excluding hydrogens is 186 g/mol. The van der Waals surface area contributed by atoms with Crippen molar-refractivity contribution >= 4 is 6.29 Å². The fourth-order valence-corrected chi connectivity index (χ4v) is 1.19. The number of hydrogen-bond acceptors (Lipinski definition) is 1. The third-order valence-electron chi connectivity index (χ3n) is 2.11. The van der Waals surface area contributed by atoms with Crippen LogP contribution in [0, 0.1) is 17.6 Å². The van der Waals surface area contributed by atoms with Gasteiger partial charge < -0.3 is 4.79 Å². The largest absolute Gasteiger partial charge is 0.303 e. The Morgan fingerprint density at radius 1 is 1.43 bits per heavy atom. The first-order valence-electron chi connectivity index (χ1n) is 4.52. The van der Waals surface area contributed by atoms with E-state index >= 15 is 0 Å². The van der Waals surface area contributed by atoms with Crippen molar-refractivity contribution in [2.24, 2.45) is 5.92 Å². The lowest BCUT2D eigenvalue weighted by Gasteiger charge is -2.04. The fourth-order valence-electron chi connectivity index (χ4n) is 1.19. The summed E-state index contributed by atoms with van der Waals surface area (Å²) in [5, 5.41) is 0. The molecule has 76 valence electrons. The Hall–Kier alpha value is -1.25. The molecule has 0 aliphatic rings. The topological polar surface area (TPSA) is 17.1 Å². The molecule has 0 radical (unpaired) electrons. The van der Waals surface area contributed by atoms with E-state index in [1.54, 1.807) is 6.92 Å². The van der Waals surface area contributed by atoms with Crippen molar-refractivity contribution in [2.45, 2.75) is 19.8 Å². The maximum absolute atomic E-state index is 13.1. The molecule has 0 bridgehead atoms. The minimum atomic E-state index is -0.444. The molecule has 1 aromatic carbocycles. The molecule has 0 aromatic heterocycles. The molecule has 14 heavy (non-hydrogen) atoms. The van der Waals surface area contributed by atoms with Crippen molar-refractivity contribution in [3.8, 4) is 0 Å². The van der Waals surface area contributed by atoms with Gasteiger partial charge in [0.05, 0.1) is 0 Å². The Morgan fingerprint density at radius 2 is 2.14 bits per heavy atom. The number of rotatable bonds is 4. The van der Waals surface area contributed by atoms with Crippen LogP contribution < -0.4 is 0 Å². The molecular formula is C11H12F2O. The average Bonchev–Trinajstić information content (AvgIpc) is 2.19. The monoisotopic (exact) mass is 198 g/mol. The lowest BCUT2D eigenvalue weighted by Crippen LogP contribution is -2.00. The van der Waals surface area contributed by atoms with Gasteiger partial charge in [-0.1, -0.05) is 6.92 Å². The third-order valence-corrected chi connectivity index (χ3v) is 2.11. The SMILES string of the molecule is CC(C=O)CCc1cc(F)ccc1F. The second-order valence-corrected chi connectivity index (χ2v) is 3.39. The summed E-state index contributed by atoms with van der Waals surface area (Å²) in [4.78, 5) is 10.3. The first-order chi connectivity index (χ1) is 6.63. The van der Waals surface area contributed by atoms with E-state index in [0.717, 1.165) is 18.4 Å². The zero-order valence-corrected chi connectivity index (χ0v) is 7.97. The first-order valence-corrected chi connectivity index (χ1v) is 4.52. The molecule has 1 atom stereocenters. The van der Waals surface area contributed by atoms with Crippen LogP contribution in [-0.4, -0.2) is 6.29 Å². The van der Waals surface area contributed by atoms with Gasteiger partial charge in [-0.25, -0.2) is 8.78 Å². The third kappa shape index (κ3) is 2.91. The molecule has 0 aliphatic carbocycles. The molecule has 1 nitrogen and oxygen atoms in total. The highest BCUT2D eigenvalue weighted by Gasteiger charge is 2.06. The number of aryl methyl sites for hydroxylation is 1. The zero-order chi connectivity index (χ0) is 10.6. The van der Waals surface area contributed by atoms with E-state index < -0.39 is 11.6 Å². The van der Waals surface area contributed by atoms with Gasteiger partial charge in [0, 0.05) is 5.92 Å². The quantitative estimate of drug-likeness (QED) is 0.680. The summed E-state index contributed by atoms with van der Waals surface area (Å²) >= 11 is 0. The van der Waals surface area contributed by atoms with Crippen LogP contribution in [0.1, 0.15) is 18.9 Å². The highest BCUT2D eigenvalue weighted by atomic mass is 19.1. The standard InChI is InChI=1S/C11H12F2O/c1-8(7-14)2-3-9-6-10(12)4-5-11(9)13/h4-8H,2-3H2,1H3. The summed E-state index contributed by atoms with van der Waals surface area (Å²) < 4.78 is 25.8. The molecule has 1 aromatic rings. The van der Waals surface area contributed by atoms with Gasteiger partial charge in [0.15, 0.2) is 0 Å². The molecule has 0 saturated heterocycles. The van der Waals surface area contributed by atoms with Crippen LogP contribution in [0.5, 0.6) is 0 Å². The van der Waals surface area contributed by atoms with Crippen LogP contribution >= 0.6 is 0 Å². The van der Waals surface area contributed by atoms with E-state index in [2.05, 4.69) is 0 Å². The minimum absolute atomic E-state index is 0.113. The van der Waals surface area contributed by atoms with Gasteiger partial charge in [0.25, 0.3) is 0 Å². The second kappa shape index (κ2) is 4.84. The van der Waals surface area contributed by atoms with E-state index in [0.29, 0.717) is 18.4 Å². The molecule has 3 heteroatoms. The summed E-state index contributed by atoms with van der Waals surface area (Å²) in [7, 11) is 0. The lowest BCUT2D eigenvalue weighted by atomic mass is 10.0. The summed E-state index contributed by atoms with van der Waals surface area (Å²) in [6.07, 6.45) is 1.75. The van der Waals surface area contributed by atoms with E-state index in [1.165, 1.54) is 6.07 Å². The summed E-state index contributed by atoms with van der Waals surface area (Å²) in [5.41, 5.74) is 0.332. The Balaban J connectivity index is 2.66. The van der Waals surface area contributed by atoms with Gasteiger partial charge in [0.1, 0.15) is 17.9 Å². The van der Waals surface area contributed by atoms with Crippen molar-refractivity contribution in [1.82, 2.24) is 0 Å². The van der Waals surface area contributed by atoms with Crippen LogP contribution in [0.25, 0.3) is 0 Å². The van der Waals surface area contributed by atoms with Gasteiger partial charge in [0.2, 0.25) is 0 Å². The number of carbonyl (C=O) groups excluding carboxylic acids is 1. The minimum Gasteiger partial charge on any atom is -0.303 e. The lowest BCUT2D eigenvalue weighted by molar-refractivity contribution is -0.110. The molecule has 0 aliphatic heterocycles. The van der Waals surface area contributed by atoms with Crippen molar-refractivity contribution in [3.63, 3.8) is 0 Å². The fraction of sp³-hybridized carbons (Fsp3) is 0.364. The number of benzene rings is 1. The van der Waals surface area contributed by atoms with E-state index in [9.17, 15) is 13.6 Å². The predicted molar refractivity (Wildman–Crippen MR) is 49.9 cm³/mol. The zero-order valence-electron chi connectivity index (χ0n) is 7.97. The molecule has 0 N–H and O–H groups in total. The summed E-state index contributed by atoms with van der Waals surface area (Å²) in [6.45, 7) is 1.75. The van der Waals surface area contributed by atoms with Crippen LogP contribution in [0.4, 0.5) is 8.78 Å². The van der Waals surface area contributed by atoms with Crippen molar-refractivity contribution in [3.05, 3.63) is 35.4 Å². The smallest absolute Gasteiger partial charge is 0.126 e. The number of halogens is 2. The highest BCUT2D eigenvalue weighted by Crippen LogP contribution is 2.13. The Kier molecular flexibility index (Phi) is 3.74. The Bertz CT molecular complexity index is 323. The van der Waals surface area contributed by atoms with Crippen LogP contribution in [-0.2, 0) is 11.2 Å². The maximum Gasteiger partial charge on any atom is 0.126 e. The summed E-state index contributed by atoms with van der Waals surface area (Å²) in [6, 6.07) is 3.37. The van der Waals surface area contributed by atoms with Gasteiger partial charge in [-0.2, -0.15) is 0 Å². The number of carbonyl (C=O) groups is 1. The normalized spacial score (nSPS) is 12.5. The Morgan fingerprint density at radius 3 is 2.79 bits per heavy atom. The Labute approximate surface area is 81.7 Å². The molecule has 1 unspecified atom stereocenters. The average molecular weight is 198 g/mol. The molecule has 1 rings (SSSR count). The van der Waals surface area contributed by atoms with Crippen LogP contribution in [0.2, 0.25) is 0 Å². The molecule has 0 fully saturated rings. The van der Waals surface area contributed by atoms with Crippen molar-refractivity contribution in [2.75, 3.05) is 0 Å². The highest BCUT2D eigenvalue weighted by molar-refractivity contribution is 5.52. The maximum atomic E-state index is 13.1. The first kappa shape index (κ1) is 10.8. The van der Waals surface area contributed by atoms with Crippen LogP contribution in [0.15, 0.2) is 18.2 Å². The number of aldehydes is 1. The van der Waals surface area contributed by atoms with E-state index in [-0.39, 0.29) is 5.92 Å². The van der Waals surface area contributed by atoms with Crippen molar-refractivity contribution in [1.29, 1.82) is 0 Å². The second-order valence-electron chi connectivity index (χ2n) is 3.39. The van der Waals surface area contributed by atoms with Gasteiger partial charge in [-0.3, -0.25) is 0 Å². The molecule has 0 amide bonds. The molecule has 0 saturated carbocycles. The predicted octanol–water partition coefficient (Wildman–Crippen LogP) is 2.73. The number of hydrogen-bond donors (Lipinski definition) is 0. The van der Waals surface area contributed by atoms with Crippen molar-refractivity contribution < 1.29 is 13.6 Å². The van der Waals surface area contributed by atoms with Gasteiger partial charge >= 0.3 is 0 Å². The van der Waals surface area contributed by atoms with Gasteiger partial charge in [-0.15, -0.1) is 0 Å². The molecule has 0 heterocycles.